The molecule has 0 spiro atoms. The number of halogens is 1. The van der Waals surface area contributed by atoms with Gasteiger partial charge in [-0.05, 0) is 85.8 Å². The summed E-state index contributed by atoms with van der Waals surface area (Å²) in [6.45, 7) is 8.58. The molecule has 1 aromatic heterocycles. The van der Waals surface area contributed by atoms with Crippen molar-refractivity contribution in [3.8, 4) is 11.8 Å². The van der Waals surface area contributed by atoms with Gasteiger partial charge in [-0.1, -0.05) is 64.0 Å². The maximum atomic E-state index is 12.3. The number of nitrogens with two attached hydrogens (primary N) is 1. The van der Waals surface area contributed by atoms with Gasteiger partial charge < -0.3 is 10.4 Å². The zero-order valence-electron chi connectivity index (χ0n) is 24.9. The van der Waals surface area contributed by atoms with E-state index in [0.29, 0.717) is 4.90 Å². The Morgan fingerprint density at radius 2 is 1.85 bits per heavy atom. The summed E-state index contributed by atoms with van der Waals surface area (Å²) in [5.74, 6) is 0.390. The molecule has 8 heteroatoms. The molecule has 4 N–H and O–H groups in total. The first-order valence-corrected chi connectivity index (χ1v) is 16.3. The fourth-order valence-electron chi connectivity index (χ4n) is 4.09. The van der Waals surface area contributed by atoms with Crippen LogP contribution in [0.3, 0.4) is 0 Å². The number of phenolic OH excluding ortho intramolecular Hbond substituents is 1. The molecule has 0 bridgehead atoms. The molecular weight excluding hydrogens is 554 g/mol. The molecule has 1 saturated carbocycles. The normalized spacial score (nSPS) is 13.1. The topological polar surface area (TPSA) is 99.1 Å². The van der Waals surface area contributed by atoms with Gasteiger partial charge in [0.05, 0.1) is 10.5 Å². The van der Waals surface area contributed by atoms with Crippen LogP contribution >= 0.6 is 11.3 Å². The quantitative estimate of drug-likeness (QED) is 0.205. The summed E-state index contributed by atoms with van der Waals surface area (Å²) >= 11 is 1.74. The van der Waals surface area contributed by atoms with E-state index in [1.807, 2.05) is 38.2 Å². The fourth-order valence-corrected chi connectivity index (χ4v) is 5.58. The Hall–Kier alpha value is -2.99. The lowest BCUT2D eigenvalue weighted by Gasteiger charge is -2.08. The average molecular weight is 598 g/mol. The van der Waals surface area contributed by atoms with E-state index in [-0.39, 0.29) is 5.75 Å². The maximum absolute atomic E-state index is 12.3. The Kier molecular flexibility index (Phi) is 14.8. The zero-order chi connectivity index (χ0) is 30.4. The number of hydrogen-bond acceptors (Lipinski definition) is 5. The summed E-state index contributed by atoms with van der Waals surface area (Å²) in [6, 6.07) is 14.0. The van der Waals surface area contributed by atoms with Crippen LogP contribution in [0.15, 0.2) is 59.0 Å². The molecule has 1 aliphatic carbocycles. The Morgan fingerprint density at radius 3 is 2.34 bits per heavy atom. The summed E-state index contributed by atoms with van der Waals surface area (Å²) < 4.78 is 23.2. The Balaban J connectivity index is 0.000000222. The molecule has 222 valence electrons. The Labute approximate surface area is 251 Å². The second-order valence-corrected chi connectivity index (χ2v) is 12.3. The molecule has 5 nitrogen and oxygen atoms in total. The average Bonchev–Trinajstić information content (AvgIpc) is 3.74. The number of nitrogens with zero attached hydrogens (tertiary/aromatic N) is 1. The number of anilines is 1. The van der Waals surface area contributed by atoms with Gasteiger partial charge in [0, 0.05) is 18.0 Å². The zero-order valence-corrected chi connectivity index (χ0v) is 26.6. The number of nitrogens with one attached hydrogen (secondary N) is 1. The highest BCUT2D eigenvalue weighted by atomic mass is 32.2. The predicted octanol–water partition coefficient (Wildman–Crippen LogP) is 8.23. The number of aryl methyl sites for hydroxylation is 2. The van der Waals surface area contributed by atoms with Crippen LogP contribution < -0.4 is 10.5 Å². The molecule has 0 amide bonds. The molecule has 0 saturated heterocycles. The number of rotatable bonds is 10. The molecule has 1 fully saturated rings. The molecule has 2 atom stereocenters. The van der Waals surface area contributed by atoms with E-state index in [1.54, 1.807) is 23.0 Å². The number of aromatic hydroxyl groups is 1. The molecule has 2 aromatic carbocycles. The minimum atomic E-state index is -1.35. The lowest BCUT2D eigenvalue weighted by atomic mass is 9.96. The molecular formula is C33H44FN3O2S2. The lowest BCUT2D eigenvalue weighted by Crippen LogP contribution is -2.02. The number of allylic oxidation sites excluding steroid dienone is 2. The van der Waals surface area contributed by atoms with E-state index < -0.39 is 16.8 Å². The number of nitriles is 1. The molecule has 0 radical (unpaired) electrons. The van der Waals surface area contributed by atoms with E-state index in [4.69, 9.17) is 10.2 Å². The number of phenols is 1. The van der Waals surface area contributed by atoms with Crippen LogP contribution in [-0.2, 0) is 36.7 Å². The van der Waals surface area contributed by atoms with Crippen LogP contribution in [0.5, 0.6) is 5.75 Å². The highest BCUT2D eigenvalue weighted by Crippen LogP contribution is 2.34. The van der Waals surface area contributed by atoms with Crippen molar-refractivity contribution in [3.05, 3.63) is 87.1 Å². The Morgan fingerprint density at radius 1 is 1.17 bits per heavy atom. The van der Waals surface area contributed by atoms with Crippen molar-refractivity contribution in [1.82, 2.24) is 0 Å². The highest BCUT2D eigenvalue weighted by molar-refractivity contribution is 7.82. The third-order valence-corrected chi connectivity index (χ3v) is 9.21. The molecule has 3 aromatic rings. The van der Waals surface area contributed by atoms with Crippen molar-refractivity contribution < 1.29 is 13.7 Å². The van der Waals surface area contributed by atoms with Crippen LogP contribution in [0.1, 0.15) is 80.5 Å². The van der Waals surface area contributed by atoms with Gasteiger partial charge in [-0.25, -0.2) is 13.7 Å². The standard InChI is InChI=1S/C14H22N2S.C11H13NOS.C8H9FO/c1-5-10(3)7-8-11-12(9-15)14(16-4)17-13(11)6-2;12-14(13)11-7-5-10(6-8-11)4-3-9-1-2-9;1-2-6-3-4-7(9)5-8(6)10/h10,16H,5-8H2,1-4H3;3,5-8H,1-2,4,12H2;3-5,10H,2H2,1H3. The fraction of sp³-hybridized carbons (Fsp3) is 0.424. The van der Waals surface area contributed by atoms with Crippen molar-refractivity contribution in [2.45, 2.75) is 84.0 Å². The lowest BCUT2D eigenvalue weighted by molar-refractivity contribution is 0.462. The summed E-state index contributed by atoms with van der Waals surface area (Å²) in [7, 11) is 0.540. The SMILES string of the molecule is CCc1ccc(F)cc1O.CCc1sc(NC)c(C#N)c1CCC(C)CC.NS(=O)c1ccc(CC=C2CC2)cc1. The van der Waals surface area contributed by atoms with Crippen molar-refractivity contribution in [3.63, 3.8) is 0 Å². The third kappa shape index (κ3) is 11.4. The minimum Gasteiger partial charge on any atom is -0.508 e. The molecule has 1 heterocycles. The predicted molar refractivity (Wildman–Crippen MR) is 171 cm³/mol. The highest BCUT2D eigenvalue weighted by Gasteiger charge is 2.16. The van der Waals surface area contributed by atoms with E-state index in [0.717, 1.165) is 53.8 Å². The first-order valence-electron chi connectivity index (χ1n) is 14.3. The van der Waals surface area contributed by atoms with Crippen LogP contribution in [0.2, 0.25) is 0 Å². The summed E-state index contributed by atoms with van der Waals surface area (Å²) in [6.07, 6.45) is 11.0. The molecule has 4 rings (SSSR count). The molecule has 41 heavy (non-hydrogen) atoms. The molecule has 0 aliphatic heterocycles. The maximum Gasteiger partial charge on any atom is 0.126 e. The summed E-state index contributed by atoms with van der Waals surface area (Å²) in [4.78, 5) is 2.06. The van der Waals surface area contributed by atoms with Crippen molar-refractivity contribution in [2.75, 3.05) is 12.4 Å². The van der Waals surface area contributed by atoms with E-state index in [1.165, 1.54) is 47.8 Å². The van der Waals surface area contributed by atoms with E-state index in [9.17, 15) is 13.9 Å². The van der Waals surface area contributed by atoms with Crippen molar-refractivity contribution in [2.24, 2.45) is 11.1 Å². The van der Waals surface area contributed by atoms with Gasteiger partial charge in [-0.15, -0.1) is 11.3 Å². The van der Waals surface area contributed by atoms with Gasteiger partial charge in [0.25, 0.3) is 0 Å². The van der Waals surface area contributed by atoms with Gasteiger partial charge in [0.2, 0.25) is 0 Å². The number of hydrogen-bond donors (Lipinski definition) is 3. The number of thiophene rings is 1. The van der Waals surface area contributed by atoms with Gasteiger partial charge >= 0.3 is 0 Å². The van der Waals surface area contributed by atoms with Crippen LogP contribution in [0.4, 0.5) is 9.39 Å². The second-order valence-electron chi connectivity index (χ2n) is 10.1. The third-order valence-electron chi connectivity index (χ3n) is 7.08. The minimum absolute atomic E-state index is 0.0440. The van der Waals surface area contributed by atoms with E-state index >= 15 is 0 Å². The van der Waals surface area contributed by atoms with Crippen LogP contribution in [0.25, 0.3) is 0 Å². The Bertz CT molecular complexity index is 1340. The van der Waals surface area contributed by atoms with Crippen LogP contribution in [0, 0.1) is 23.1 Å². The van der Waals surface area contributed by atoms with Crippen molar-refractivity contribution in [1.29, 1.82) is 5.26 Å². The number of benzene rings is 2. The molecule has 1 aliphatic rings. The van der Waals surface area contributed by atoms with Gasteiger partial charge in [-0.3, -0.25) is 0 Å². The van der Waals surface area contributed by atoms with Gasteiger partial charge in [0.1, 0.15) is 33.6 Å². The smallest absolute Gasteiger partial charge is 0.126 e. The van der Waals surface area contributed by atoms with E-state index in [2.05, 4.69) is 38.2 Å². The van der Waals surface area contributed by atoms with Gasteiger partial charge in [-0.2, -0.15) is 5.26 Å². The van der Waals surface area contributed by atoms with Gasteiger partial charge in [0.15, 0.2) is 0 Å². The van der Waals surface area contributed by atoms with Crippen LogP contribution in [-0.4, -0.2) is 16.4 Å². The largest absolute Gasteiger partial charge is 0.508 e. The summed E-state index contributed by atoms with van der Waals surface area (Å²) in [5.41, 5.74) is 5.73. The summed E-state index contributed by atoms with van der Waals surface area (Å²) in [5, 5.41) is 27.8. The first kappa shape index (κ1) is 34.2. The second kappa shape index (κ2) is 17.7. The van der Waals surface area contributed by atoms with Crippen molar-refractivity contribution >= 4 is 27.3 Å². The molecule has 2 unspecified atom stereocenters. The first-order chi connectivity index (χ1) is 19.7. The monoisotopic (exact) mass is 597 g/mol.